The molecule has 4 heterocycles. The molecular formula is C25H30Cl3N7. The van der Waals surface area contributed by atoms with Gasteiger partial charge < -0.3 is 4.90 Å². The van der Waals surface area contributed by atoms with Crippen LogP contribution in [0.4, 0.5) is 5.82 Å². The Morgan fingerprint density at radius 1 is 1.14 bits per heavy atom. The van der Waals surface area contributed by atoms with Gasteiger partial charge in [-0.15, -0.1) is 12.4 Å². The second-order valence-electron chi connectivity index (χ2n) is 9.52. The quantitative estimate of drug-likeness (QED) is 0.425. The average molecular weight is 535 g/mol. The predicted octanol–water partition coefficient (Wildman–Crippen LogP) is 5.74. The molecule has 7 nitrogen and oxygen atoms in total. The van der Waals surface area contributed by atoms with Crippen molar-refractivity contribution in [3.8, 4) is 6.07 Å². The Labute approximate surface area is 222 Å². The lowest BCUT2D eigenvalue weighted by Gasteiger charge is -2.44. The van der Waals surface area contributed by atoms with E-state index in [2.05, 4.69) is 32.9 Å². The second-order valence-corrected chi connectivity index (χ2v) is 10.4. The van der Waals surface area contributed by atoms with Crippen LogP contribution in [0.1, 0.15) is 56.8 Å². The molecule has 2 aromatic heterocycles. The number of nitriles is 1. The predicted molar refractivity (Wildman–Crippen MR) is 143 cm³/mol. The molecule has 2 aliphatic rings. The van der Waals surface area contributed by atoms with E-state index in [0.29, 0.717) is 33.2 Å². The van der Waals surface area contributed by atoms with Crippen LogP contribution in [-0.4, -0.2) is 56.9 Å². The molecule has 0 spiro atoms. The molecule has 0 saturated carbocycles. The minimum atomic E-state index is -0.234. The van der Waals surface area contributed by atoms with Gasteiger partial charge in [-0.25, -0.2) is 14.6 Å². The van der Waals surface area contributed by atoms with Crippen molar-refractivity contribution in [2.75, 3.05) is 31.1 Å². The topological polar surface area (TPSA) is 73.9 Å². The number of aromatic nitrogens is 4. The lowest BCUT2D eigenvalue weighted by molar-refractivity contribution is 0.106. The monoisotopic (exact) mass is 533 g/mol. The molecule has 0 bridgehead atoms. The molecule has 10 heteroatoms. The molecule has 0 radical (unpaired) electrons. The number of halogens is 3. The van der Waals surface area contributed by atoms with Crippen molar-refractivity contribution in [1.29, 1.82) is 5.26 Å². The summed E-state index contributed by atoms with van der Waals surface area (Å²) in [6.45, 7) is 8.68. The standard InChI is InChI=1S/C25H29Cl2N7.ClH/c1-16-15-33(11-8-22(16)32-9-4-3-5-10-32)23-14-29-24-21(13-28)31-34(25(24)30-23)17(2)19-7-6-18(26)12-20(19)27;/h6-7,12,14,16-17,22H,3-5,8-11,15H2,1-2H3;1H/t16-,17?,22+;/m0./s1. The fraction of sp³-hybridized carbons (Fsp3) is 0.520. The molecular weight excluding hydrogens is 505 g/mol. The fourth-order valence-electron chi connectivity index (χ4n) is 5.50. The van der Waals surface area contributed by atoms with Gasteiger partial charge in [-0.2, -0.15) is 10.4 Å². The first kappa shape index (κ1) is 26.0. The van der Waals surface area contributed by atoms with E-state index in [-0.39, 0.29) is 24.1 Å². The van der Waals surface area contributed by atoms with E-state index in [1.807, 2.05) is 13.0 Å². The van der Waals surface area contributed by atoms with E-state index in [1.165, 1.54) is 32.4 Å². The Hall–Kier alpha value is -2.11. The maximum Gasteiger partial charge on any atom is 0.190 e. The van der Waals surface area contributed by atoms with Gasteiger partial charge in [-0.05, 0) is 62.9 Å². The van der Waals surface area contributed by atoms with Crippen LogP contribution in [0, 0.1) is 17.2 Å². The molecule has 0 amide bonds. The van der Waals surface area contributed by atoms with Crippen molar-refractivity contribution in [2.24, 2.45) is 5.92 Å². The molecule has 3 atom stereocenters. The highest BCUT2D eigenvalue weighted by Gasteiger charge is 2.32. The number of rotatable bonds is 4. The van der Waals surface area contributed by atoms with Crippen LogP contribution in [0.15, 0.2) is 24.4 Å². The van der Waals surface area contributed by atoms with Gasteiger partial charge in [-0.3, -0.25) is 4.90 Å². The van der Waals surface area contributed by atoms with Gasteiger partial charge in [0, 0.05) is 29.2 Å². The van der Waals surface area contributed by atoms with Crippen LogP contribution >= 0.6 is 35.6 Å². The Morgan fingerprint density at radius 2 is 1.91 bits per heavy atom. The summed E-state index contributed by atoms with van der Waals surface area (Å²) in [6.07, 6.45) is 6.90. The highest BCUT2D eigenvalue weighted by Crippen LogP contribution is 2.32. The first-order valence-electron chi connectivity index (χ1n) is 12.1. The van der Waals surface area contributed by atoms with E-state index in [1.54, 1.807) is 23.0 Å². The third-order valence-electron chi connectivity index (χ3n) is 7.32. The molecule has 5 rings (SSSR count). The first-order chi connectivity index (χ1) is 16.5. The summed E-state index contributed by atoms with van der Waals surface area (Å²) in [5.41, 5.74) is 2.24. The normalized spacial score (nSPS) is 22.0. The van der Waals surface area contributed by atoms with Gasteiger partial charge >= 0.3 is 0 Å². The molecule has 2 saturated heterocycles. The Morgan fingerprint density at radius 3 is 2.60 bits per heavy atom. The number of anilines is 1. The minimum absolute atomic E-state index is 0. The third kappa shape index (κ3) is 5.08. The number of nitrogens with zero attached hydrogens (tertiary/aromatic N) is 7. The summed E-state index contributed by atoms with van der Waals surface area (Å²) in [6, 6.07) is 7.98. The zero-order chi connectivity index (χ0) is 23.8. The smallest absolute Gasteiger partial charge is 0.190 e. The summed E-state index contributed by atoms with van der Waals surface area (Å²) in [4.78, 5) is 14.6. The van der Waals surface area contributed by atoms with Gasteiger partial charge in [0.05, 0.1) is 12.2 Å². The van der Waals surface area contributed by atoms with Crippen molar-refractivity contribution < 1.29 is 0 Å². The summed E-state index contributed by atoms with van der Waals surface area (Å²) < 4.78 is 1.75. The van der Waals surface area contributed by atoms with Crippen molar-refractivity contribution in [3.63, 3.8) is 0 Å². The molecule has 186 valence electrons. The number of piperidine rings is 2. The molecule has 2 aliphatic heterocycles. The molecule has 35 heavy (non-hydrogen) atoms. The Kier molecular flexibility index (Phi) is 8.07. The number of hydrogen-bond donors (Lipinski definition) is 0. The average Bonchev–Trinajstić information content (AvgIpc) is 3.22. The number of benzene rings is 1. The van der Waals surface area contributed by atoms with Crippen LogP contribution in [0.3, 0.4) is 0 Å². The van der Waals surface area contributed by atoms with Crippen LogP contribution in [-0.2, 0) is 0 Å². The fourth-order valence-corrected chi connectivity index (χ4v) is 6.07. The highest BCUT2D eigenvalue weighted by molar-refractivity contribution is 6.35. The van der Waals surface area contributed by atoms with Gasteiger partial charge in [-0.1, -0.05) is 42.6 Å². The van der Waals surface area contributed by atoms with E-state index in [9.17, 15) is 5.26 Å². The number of fused-ring (bicyclic) bond motifs is 1. The second kappa shape index (κ2) is 10.9. The maximum atomic E-state index is 9.65. The molecule has 0 N–H and O–H groups in total. The van der Waals surface area contributed by atoms with Crippen molar-refractivity contribution >= 4 is 52.6 Å². The lowest BCUT2D eigenvalue weighted by atomic mass is 9.91. The first-order valence-corrected chi connectivity index (χ1v) is 12.8. The SMILES string of the molecule is CC(c1ccc(Cl)cc1Cl)n1nc(C#N)c2ncc(N3CC[C@@H](N4CCCCC4)[C@@H](C)C3)nc21.Cl. The molecule has 1 aromatic carbocycles. The molecule has 1 unspecified atom stereocenters. The third-order valence-corrected chi connectivity index (χ3v) is 7.88. The molecule has 0 aliphatic carbocycles. The molecule has 3 aromatic rings. The van der Waals surface area contributed by atoms with E-state index < -0.39 is 0 Å². The zero-order valence-electron chi connectivity index (χ0n) is 20.0. The van der Waals surface area contributed by atoms with Crippen LogP contribution < -0.4 is 4.90 Å². The lowest BCUT2D eigenvalue weighted by Crippen LogP contribution is -2.51. The van der Waals surface area contributed by atoms with Crippen molar-refractivity contribution in [2.45, 2.75) is 51.6 Å². The van der Waals surface area contributed by atoms with E-state index >= 15 is 0 Å². The zero-order valence-corrected chi connectivity index (χ0v) is 22.3. The van der Waals surface area contributed by atoms with Crippen molar-refractivity contribution in [1.82, 2.24) is 24.6 Å². The van der Waals surface area contributed by atoms with Crippen LogP contribution in [0.2, 0.25) is 10.0 Å². The van der Waals surface area contributed by atoms with Gasteiger partial charge in [0.2, 0.25) is 0 Å². The largest absolute Gasteiger partial charge is 0.355 e. The Bertz CT molecular complexity index is 1230. The van der Waals surface area contributed by atoms with E-state index in [4.69, 9.17) is 28.2 Å². The Balaban J connectivity index is 0.00000289. The van der Waals surface area contributed by atoms with Crippen LogP contribution in [0.25, 0.3) is 11.2 Å². The van der Waals surface area contributed by atoms with Crippen molar-refractivity contribution in [3.05, 3.63) is 45.7 Å². The maximum absolute atomic E-state index is 9.65. The van der Waals surface area contributed by atoms with Gasteiger partial charge in [0.15, 0.2) is 11.3 Å². The van der Waals surface area contributed by atoms with E-state index in [0.717, 1.165) is 30.9 Å². The summed E-state index contributed by atoms with van der Waals surface area (Å²) >= 11 is 12.6. The summed E-state index contributed by atoms with van der Waals surface area (Å²) in [7, 11) is 0. The van der Waals surface area contributed by atoms with Crippen LogP contribution in [0.5, 0.6) is 0 Å². The summed E-state index contributed by atoms with van der Waals surface area (Å²) in [5.74, 6) is 1.38. The van der Waals surface area contributed by atoms with Gasteiger partial charge in [0.1, 0.15) is 17.4 Å². The summed E-state index contributed by atoms with van der Waals surface area (Å²) in [5, 5.41) is 15.3. The number of likely N-dealkylation sites (tertiary alicyclic amines) is 1. The molecule has 2 fully saturated rings. The number of hydrogen-bond acceptors (Lipinski definition) is 6. The highest BCUT2D eigenvalue weighted by atomic mass is 35.5. The minimum Gasteiger partial charge on any atom is -0.355 e. The van der Waals surface area contributed by atoms with Gasteiger partial charge in [0.25, 0.3) is 0 Å².